The number of ether oxygens (including phenoxy) is 1. The van der Waals surface area contributed by atoms with Crippen molar-refractivity contribution < 1.29 is 13.5 Å². The number of nitrogens with two attached hydrogens (primary N) is 1. The van der Waals surface area contributed by atoms with Crippen molar-refractivity contribution in [2.45, 2.75) is 6.54 Å². The summed E-state index contributed by atoms with van der Waals surface area (Å²) in [6, 6.07) is 21.6. The van der Waals surface area contributed by atoms with Crippen molar-refractivity contribution in [1.29, 1.82) is 0 Å². The molecule has 5 aromatic rings. The number of methoxy groups -OCH3 is 1. The van der Waals surface area contributed by atoms with E-state index >= 15 is 4.39 Å². The molecule has 0 saturated carbocycles. The minimum Gasteiger partial charge on any atom is -0.497 e. The van der Waals surface area contributed by atoms with E-state index in [0.29, 0.717) is 41.5 Å². The highest BCUT2D eigenvalue weighted by Crippen LogP contribution is 2.35. The number of aromatic nitrogens is 4. The molecule has 2 N–H and O–H groups in total. The molecule has 1 fully saturated rings. The molecule has 10 heteroatoms. The summed E-state index contributed by atoms with van der Waals surface area (Å²) in [5.74, 6) is -0.637. The predicted octanol–water partition coefficient (Wildman–Crippen LogP) is 4.67. The highest BCUT2D eigenvalue weighted by molar-refractivity contribution is 5.99. The van der Waals surface area contributed by atoms with Gasteiger partial charge < -0.3 is 15.4 Å². The smallest absolute Gasteiger partial charge is 0.228 e. The van der Waals surface area contributed by atoms with E-state index in [1.54, 1.807) is 19.2 Å². The van der Waals surface area contributed by atoms with Crippen molar-refractivity contribution in [1.82, 2.24) is 24.6 Å². The fourth-order valence-electron chi connectivity index (χ4n) is 4.89. The Hall–Kier alpha value is -4.57. The molecule has 198 valence electrons. The molecule has 6 rings (SSSR count). The molecule has 0 unspecified atom stereocenters. The Labute approximate surface area is 224 Å². The maximum absolute atomic E-state index is 15.1. The molecule has 0 aliphatic carbocycles. The number of hydrogen-bond donors (Lipinski definition) is 1. The number of nitrogen functional groups attached to an aromatic ring is 1. The van der Waals surface area contributed by atoms with E-state index in [-0.39, 0.29) is 17.1 Å². The maximum Gasteiger partial charge on any atom is 0.228 e. The van der Waals surface area contributed by atoms with Gasteiger partial charge in [-0.2, -0.15) is 4.98 Å². The average Bonchev–Trinajstić information content (AvgIpc) is 3.31. The number of piperazine rings is 1. The Balaban J connectivity index is 1.39. The fraction of sp³-hybridized carbons (Fsp3) is 0.207. The molecule has 1 aliphatic heterocycles. The minimum atomic E-state index is -0.993. The topological polar surface area (TPSA) is 85.3 Å². The van der Waals surface area contributed by atoms with Crippen LogP contribution in [0.4, 0.5) is 20.5 Å². The number of rotatable bonds is 6. The van der Waals surface area contributed by atoms with Gasteiger partial charge in [-0.1, -0.05) is 36.4 Å². The Morgan fingerprint density at radius 3 is 2.33 bits per heavy atom. The van der Waals surface area contributed by atoms with Gasteiger partial charge in [-0.05, 0) is 42.0 Å². The highest BCUT2D eigenvalue weighted by Gasteiger charge is 2.26. The predicted molar refractivity (Wildman–Crippen MR) is 147 cm³/mol. The molecule has 0 spiro atoms. The second kappa shape index (κ2) is 10.3. The first kappa shape index (κ1) is 24.7. The Morgan fingerprint density at radius 2 is 1.62 bits per heavy atom. The normalized spacial score (nSPS) is 14.2. The van der Waals surface area contributed by atoms with Crippen molar-refractivity contribution in [3.63, 3.8) is 0 Å². The van der Waals surface area contributed by atoms with Crippen LogP contribution in [0.5, 0.6) is 5.75 Å². The zero-order valence-electron chi connectivity index (χ0n) is 21.4. The van der Waals surface area contributed by atoms with Crippen LogP contribution in [0.1, 0.15) is 5.56 Å². The summed E-state index contributed by atoms with van der Waals surface area (Å²) in [4.78, 5) is 13.9. The number of benzene rings is 3. The third kappa shape index (κ3) is 4.74. The SMILES string of the molecule is COc1ccc(-n2nc3nc(N4CCN(Cc5ccccc5)CC4)nc(-c4cccc(F)c4F)c3c2N)cc1. The largest absolute Gasteiger partial charge is 0.497 e. The van der Waals surface area contributed by atoms with E-state index in [4.69, 9.17) is 20.4 Å². The fourth-order valence-corrected chi connectivity index (χ4v) is 4.89. The van der Waals surface area contributed by atoms with Gasteiger partial charge in [0, 0.05) is 38.3 Å². The van der Waals surface area contributed by atoms with E-state index in [9.17, 15) is 4.39 Å². The van der Waals surface area contributed by atoms with Crippen molar-refractivity contribution in [3.8, 4) is 22.7 Å². The summed E-state index contributed by atoms with van der Waals surface area (Å²) in [6.07, 6.45) is 0. The zero-order valence-corrected chi connectivity index (χ0v) is 21.4. The molecule has 2 aromatic heterocycles. The molecule has 3 aromatic carbocycles. The molecule has 0 amide bonds. The molecule has 0 radical (unpaired) electrons. The Morgan fingerprint density at radius 1 is 0.872 bits per heavy atom. The second-order valence-electron chi connectivity index (χ2n) is 9.42. The van der Waals surface area contributed by atoms with E-state index < -0.39 is 11.6 Å². The van der Waals surface area contributed by atoms with Crippen LogP contribution >= 0.6 is 0 Å². The van der Waals surface area contributed by atoms with Crippen LogP contribution in [0.2, 0.25) is 0 Å². The van der Waals surface area contributed by atoms with Gasteiger partial charge in [-0.25, -0.2) is 18.4 Å². The second-order valence-corrected chi connectivity index (χ2v) is 9.42. The average molecular weight is 528 g/mol. The summed E-state index contributed by atoms with van der Waals surface area (Å²) in [5.41, 5.74) is 8.99. The number of fused-ring (bicyclic) bond motifs is 1. The molecular formula is C29H27F2N7O. The molecule has 0 atom stereocenters. The number of anilines is 2. The van der Waals surface area contributed by atoms with Crippen molar-refractivity contribution in [2.24, 2.45) is 0 Å². The Bertz CT molecular complexity index is 1620. The number of hydrogen-bond acceptors (Lipinski definition) is 7. The first-order valence-corrected chi connectivity index (χ1v) is 12.7. The molecule has 8 nitrogen and oxygen atoms in total. The number of halogens is 2. The number of nitrogens with zero attached hydrogens (tertiary/aromatic N) is 6. The lowest BCUT2D eigenvalue weighted by Crippen LogP contribution is -2.46. The monoisotopic (exact) mass is 527 g/mol. The minimum absolute atomic E-state index is 0.00680. The van der Waals surface area contributed by atoms with Gasteiger partial charge in [0.25, 0.3) is 0 Å². The summed E-state index contributed by atoms with van der Waals surface area (Å²) < 4.78 is 36.1. The van der Waals surface area contributed by atoms with Gasteiger partial charge in [-0.3, -0.25) is 4.90 Å². The van der Waals surface area contributed by atoms with Gasteiger partial charge in [0.05, 0.1) is 23.9 Å². The first-order valence-electron chi connectivity index (χ1n) is 12.7. The third-order valence-corrected chi connectivity index (χ3v) is 6.99. The van der Waals surface area contributed by atoms with Crippen molar-refractivity contribution >= 4 is 22.8 Å². The summed E-state index contributed by atoms with van der Waals surface area (Å²) >= 11 is 0. The summed E-state index contributed by atoms with van der Waals surface area (Å²) in [6.45, 7) is 3.83. The van der Waals surface area contributed by atoms with Gasteiger partial charge in [-0.15, -0.1) is 5.10 Å². The standard InChI is InChI=1S/C29H27F2N7O/c1-39-21-12-10-20(11-13-21)38-27(32)24-26(22-8-5-9-23(30)25(22)31)33-29(34-28(24)35-38)37-16-14-36(15-17-37)18-19-6-3-2-4-7-19/h2-13H,14-18,32H2,1H3. The molecule has 3 heterocycles. The Kier molecular flexibility index (Phi) is 6.54. The molecular weight excluding hydrogens is 500 g/mol. The van der Waals surface area contributed by atoms with Crippen LogP contribution in [0.3, 0.4) is 0 Å². The lowest BCUT2D eigenvalue weighted by atomic mass is 10.1. The lowest BCUT2D eigenvalue weighted by Gasteiger charge is -2.34. The third-order valence-electron chi connectivity index (χ3n) is 6.99. The summed E-state index contributed by atoms with van der Waals surface area (Å²) in [7, 11) is 1.59. The maximum atomic E-state index is 15.1. The van der Waals surface area contributed by atoms with Crippen LogP contribution in [0, 0.1) is 11.6 Å². The van der Waals surface area contributed by atoms with Gasteiger partial charge >= 0.3 is 0 Å². The van der Waals surface area contributed by atoms with Crippen LogP contribution in [-0.2, 0) is 6.54 Å². The van der Waals surface area contributed by atoms with Crippen molar-refractivity contribution in [3.05, 3.63) is 90.0 Å². The zero-order chi connectivity index (χ0) is 26.9. The van der Waals surface area contributed by atoms with Crippen LogP contribution < -0.4 is 15.4 Å². The van der Waals surface area contributed by atoms with Gasteiger partial charge in [0.1, 0.15) is 11.6 Å². The quantitative estimate of drug-likeness (QED) is 0.343. The van der Waals surface area contributed by atoms with E-state index in [1.165, 1.54) is 22.4 Å². The van der Waals surface area contributed by atoms with Crippen LogP contribution in [-0.4, -0.2) is 57.9 Å². The van der Waals surface area contributed by atoms with Crippen molar-refractivity contribution in [2.75, 3.05) is 43.9 Å². The van der Waals surface area contributed by atoms with Gasteiger partial charge in [0.15, 0.2) is 17.3 Å². The van der Waals surface area contributed by atoms with Crippen LogP contribution in [0.15, 0.2) is 72.8 Å². The van der Waals surface area contributed by atoms with Gasteiger partial charge in [0.2, 0.25) is 5.95 Å². The lowest BCUT2D eigenvalue weighted by molar-refractivity contribution is 0.249. The summed E-state index contributed by atoms with van der Waals surface area (Å²) in [5, 5.41) is 5.01. The molecule has 1 saturated heterocycles. The van der Waals surface area contributed by atoms with E-state index in [1.807, 2.05) is 35.2 Å². The highest BCUT2D eigenvalue weighted by atomic mass is 19.2. The van der Waals surface area contributed by atoms with Crippen LogP contribution in [0.25, 0.3) is 28.0 Å². The van der Waals surface area contributed by atoms with E-state index in [0.717, 1.165) is 25.7 Å². The molecule has 0 bridgehead atoms. The molecule has 39 heavy (non-hydrogen) atoms. The first-order chi connectivity index (χ1) is 19.0. The molecule has 1 aliphatic rings. The van der Waals surface area contributed by atoms with E-state index in [2.05, 4.69) is 22.1 Å².